The average molecular weight is 233 g/mol. The summed E-state index contributed by atoms with van der Waals surface area (Å²) in [5.41, 5.74) is 7.58. The molecule has 2 rings (SSSR count). The van der Waals surface area contributed by atoms with Crippen molar-refractivity contribution in [3.8, 4) is 5.88 Å². The fraction of sp³-hybridized carbons (Fsp3) is 0.250. The van der Waals surface area contributed by atoms with E-state index in [1.54, 1.807) is 31.8 Å². The summed E-state index contributed by atoms with van der Waals surface area (Å²) in [6.45, 7) is 0.681. The molecule has 0 radical (unpaired) electrons. The van der Waals surface area contributed by atoms with Crippen molar-refractivity contribution in [2.45, 2.75) is 6.54 Å². The minimum Gasteiger partial charge on any atom is -0.481 e. The Bertz CT molecular complexity index is 483. The highest BCUT2D eigenvalue weighted by atomic mass is 16.5. The van der Waals surface area contributed by atoms with Gasteiger partial charge in [-0.1, -0.05) is 0 Å². The van der Waals surface area contributed by atoms with Crippen molar-refractivity contribution < 1.29 is 9.15 Å². The molecule has 17 heavy (non-hydrogen) atoms. The van der Waals surface area contributed by atoms with E-state index in [1.807, 2.05) is 18.0 Å². The molecule has 0 spiro atoms. The molecule has 2 N–H and O–H groups in total. The molecule has 0 aliphatic rings. The molecular formula is C12H15N3O2. The zero-order valence-corrected chi connectivity index (χ0v) is 9.88. The van der Waals surface area contributed by atoms with Gasteiger partial charge in [0, 0.05) is 25.2 Å². The van der Waals surface area contributed by atoms with Gasteiger partial charge in [0.05, 0.1) is 25.3 Å². The predicted molar refractivity (Wildman–Crippen MR) is 66.0 cm³/mol. The third kappa shape index (κ3) is 2.50. The molecule has 5 heteroatoms. The van der Waals surface area contributed by atoms with Crippen molar-refractivity contribution in [3.63, 3.8) is 0 Å². The van der Waals surface area contributed by atoms with Crippen molar-refractivity contribution in [1.82, 2.24) is 4.98 Å². The van der Waals surface area contributed by atoms with Crippen molar-refractivity contribution in [1.29, 1.82) is 0 Å². The van der Waals surface area contributed by atoms with Gasteiger partial charge in [0.15, 0.2) is 5.82 Å². The molecule has 90 valence electrons. The van der Waals surface area contributed by atoms with Crippen LogP contribution in [0.4, 0.5) is 11.5 Å². The SMILES string of the molecule is COc1ccc(N)c(N(C)Cc2ccoc2)n1. The van der Waals surface area contributed by atoms with Crippen LogP contribution in [-0.2, 0) is 6.54 Å². The maximum atomic E-state index is 5.89. The molecule has 0 saturated heterocycles. The number of aromatic nitrogens is 1. The second-order valence-corrected chi connectivity index (χ2v) is 3.75. The molecule has 0 bridgehead atoms. The van der Waals surface area contributed by atoms with E-state index in [1.165, 1.54) is 0 Å². The van der Waals surface area contributed by atoms with E-state index in [9.17, 15) is 0 Å². The summed E-state index contributed by atoms with van der Waals surface area (Å²) in [7, 11) is 3.50. The van der Waals surface area contributed by atoms with Gasteiger partial charge in [-0.25, -0.2) is 0 Å². The Morgan fingerprint density at radius 2 is 2.24 bits per heavy atom. The normalized spacial score (nSPS) is 10.2. The number of hydrogen-bond donors (Lipinski definition) is 1. The number of furan rings is 1. The van der Waals surface area contributed by atoms with Gasteiger partial charge in [-0.3, -0.25) is 0 Å². The first kappa shape index (κ1) is 11.3. The van der Waals surface area contributed by atoms with Gasteiger partial charge in [-0.15, -0.1) is 0 Å². The van der Waals surface area contributed by atoms with Crippen molar-refractivity contribution in [2.75, 3.05) is 24.8 Å². The molecule has 2 aromatic heterocycles. The maximum Gasteiger partial charge on any atom is 0.215 e. The largest absolute Gasteiger partial charge is 0.481 e. The third-order valence-corrected chi connectivity index (χ3v) is 2.45. The first-order chi connectivity index (χ1) is 8.20. The zero-order chi connectivity index (χ0) is 12.3. The first-order valence-electron chi connectivity index (χ1n) is 5.23. The summed E-state index contributed by atoms with van der Waals surface area (Å²) in [6, 6.07) is 5.43. The van der Waals surface area contributed by atoms with E-state index < -0.39 is 0 Å². The minimum absolute atomic E-state index is 0.549. The molecule has 0 aromatic carbocycles. The van der Waals surface area contributed by atoms with Gasteiger partial charge in [0.1, 0.15) is 0 Å². The number of methoxy groups -OCH3 is 1. The van der Waals surface area contributed by atoms with Gasteiger partial charge in [0.25, 0.3) is 0 Å². The Hall–Kier alpha value is -2.17. The molecule has 0 amide bonds. The van der Waals surface area contributed by atoms with Crippen LogP contribution in [0, 0.1) is 0 Å². The van der Waals surface area contributed by atoms with Crippen LogP contribution in [0.15, 0.2) is 35.1 Å². The summed E-state index contributed by atoms with van der Waals surface area (Å²) < 4.78 is 10.1. The molecule has 0 aliphatic carbocycles. The van der Waals surface area contributed by atoms with Crippen molar-refractivity contribution in [3.05, 3.63) is 36.3 Å². The quantitative estimate of drug-likeness (QED) is 0.873. The van der Waals surface area contributed by atoms with Gasteiger partial charge in [0.2, 0.25) is 5.88 Å². The van der Waals surface area contributed by atoms with E-state index >= 15 is 0 Å². The standard InChI is InChI=1S/C12H15N3O2/c1-15(7-9-5-6-17-8-9)12-10(13)3-4-11(14-12)16-2/h3-6,8H,7,13H2,1-2H3. The zero-order valence-electron chi connectivity index (χ0n) is 9.88. The third-order valence-electron chi connectivity index (χ3n) is 2.45. The Kier molecular flexibility index (Phi) is 3.18. The van der Waals surface area contributed by atoms with Crippen LogP contribution in [0.5, 0.6) is 5.88 Å². The maximum absolute atomic E-state index is 5.89. The summed E-state index contributed by atoms with van der Waals surface area (Å²) in [5, 5.41) is 0. The lowest BCUT2D eigenvalue weighted by Crippen LogP contribution is -2.19. The monoisotopic (exact) mass is 233 g/mol. The van der Waals surface area contributed by atoms with Gasteiger partial charge >= 0.3 is 0 Å². The van der Waals surface area contributed by atoms with Crippen LogP contribution >= 0.6 is 0 Å². The Labute approximate surface area is 99.8 Å². The van der Waals surface area contributed by atoms with Crippen LogP contribution < -0.4 is 15.4 Å². The highest BCUT2D eigenvalue weighted by molar-refractivity contribution is 5.63. The van der Waals surface area contributed by atoms with E-state index in [0.29, 0.717) is 23.9 Å². The van der Waals surface area contributed by atoms with Gasteiger partial charge in [-0.05, 0) is 12.1 Å². The summed E-state index contributed by atoms with van der Waals surface area (Å²) in [4.78, 5) is 6.27. The van der Waals surface area contributed by atoms with Gasteiger partial charge in [-0.2, -0.15) is 4.98 Å². The van der Waals surface area contributed by atoms with E-state index in [0.717, 1.165) is 5.56 Å². The lowest BCUT2D eigenvalue weighted by molar-refractivity contribution is 0.398. The number of nitrogens with two attached hydrogens (primary N) is 1. The molecular weight excluding hydrogens is 218 g/mol. The van der Waals surface area contributed by atoms with E-state index in [2.05, 4.69) is 4.98 Å². The van der Waals surface area contributed by atoms with E-state index in [-0.39, 0.29) is 0 Å². The highest BCUT2D eigenvalue weighted by Gasteiger charge is 2.09. The molecule has 0 unspecified atom stereocenters. The number of ether oxygens (including phenoxy) is 1. The number of pyridine rings is 1. The predicted octanol–water partition coefficient (Wildman–Crippen LogP) is 1.90. The molecule has 0 fully saturated rings. The van der Waals surface area contributed by atoms with Crippen LogP contribution in [0.2, 0.25) is 0 Å². The lowest BCUT2D eigenvalue weighted by atomic mass is 10.3. The van der Waals surface area contributed by atoms with Crippen LogP contribution in [0.25, 0.3) is 0 Å². The minimum atomic E-state index is 0.549. The van der Waals surface area contributed by atoms with Crippen LogP contribution in [0.3, 0.4) is 0 Å². The highest BCUT2D eigenvalue weighted by Crippen LogP contribution is 2.24. The topological polar surface area (TPSA) is 64.5 Å². The average Bonchev–Trinajstić information content (AvgIpc) is 2.82. The smallest absolute Gasteiger partial charge is 0.215 e. The Balaban J connectivity index is 2.20. The number of rotatable bonds is 4. The second-order valence-electron chi connectivity index (χ2n) is 3.75. The van der Waals surface area contributed by atoms with E-state index in [4.69, 9.17) is 14.9 Å². The van der Waals surface area contributed by atoms with Crippen LogP contribution in [-0.4, -0.2) is 19.1 Å². The fourth-order valence-corrected chi connectivity index (χ4v) is 1.59. The van der Waals surface area contributed by atoms with Crippen LogP contribution in [0.1, 0.15) is 5.56 Å². The number of nitrogen functional groups attached to an aromatic ring is 1. The second kappa shape index (κ2) is 4.78. The summed E-state index contributed by atoms with van der Waals surface area (Å²) >= 11 is 0. The molecule has 0 saturated carbocycles. The summed E-state index contributed by atoms with van der Waals surface area (Å²) in [5.74, 6) is 1.25. The van der Waals surface area contributed by atoms with Gasteiger partial charge < -0.3 is 19.8 Å². The molecule has 5 nitrogen and oxygen atoms in total. The fourth-order valence-electron chi connectivity index (χ4n) is 1.59. The van der Waals surface area contributed by atoms with Crippen molar-refractivity contribution in [2.24, 2.45) is 0 Å². The summed E-state index contributed by atoms with van der Waals surface area (Å²) in [6.07, 6.45) is 3.35. The first-order valence-corrected chi connectivity index (χ1v) is 5.23. The van der Waals surface area contributed by atoms with Crippen molar-refractivity contribution >= 4 is 11.5 Å². The number of anilines is 2. The molecule has 0 aliphatic heterocycles. The number of nitrogens with zero attached hydrogens (tertiary/aromatic N) is 2. The lowest BCUT2D eigenvalue weighted by Gasteiger charge is -2.19. The molecule has 2 aromatic rings. The number of hydrogen-bond acceptors (Lipinski definition) is 5. The molecule has 0 atom stereocenters. The Morgan fingerprint density at radius 3 is 2.88 bits per heavy atom. The Morgan fingerprint density at radius 1 is 1.41 bits per heavy atom. The molecule has 2 heterocycles.